The molecule has 0 radical (unpaired) electrons. The van der Waals surface area contributed by atoms with Crippen LogP contribution in [0.5, 0.6) is 11.5 Å². The smallest absolute Gasteiger partial charge is 0.296 e. The van der Waals surface area contributed by atoms with Crippen molar-refractivity contribution < 1.29 is 19.1 Å². The maximum atomic E-state index is 13.1. The van der Waals surface area contributed by atoms with E-state index < -0.39 is 6.04 Å². The SMILES string of the molecule is COc1cccc2c1[C@@H]1CN(CCCCC3C(=O)c4ccc5cncnc5c4N[N+]3=O)C[C@@H]1CO2. The molecule has 35 heavy (non-hydrogen) atoms. The Balaban J connectivity index is 1.07. The van der Waals surface area contributed by atoms with Gasteiger partial charge in [-0.3, -0.25) is 4.79 Å². The second-order valence-electron chi connectivity index (χ2n) is 9.57. The van der Waals surface area contributed by atoms with E-state index in [2.05, 4.69) is 20.3 Å². The third-order valence-electron chi connectivity index (χ3n) is 7.54. The molecule has 180 valence electrons. The zero-order chi connectivity index (χ0) is 23.9. The van der Waals surface area contributed by atoms with Crippen molar-refractivity contribution in [1.29, 1.82) is 0 Å². The lowest BCUT2D eigenvalue weighted by Crippen LogP contribution is -2.41. The minimum absolute atomic E-state index is 0.151. The van der Waals surface area contributed by atoms with Gasteiger partial charge >= 0.3 is 0 Å². The molecule has 9 heteroatoms. The third-order valence-corrected chi connectivity index (χ3v) is 7.54. The van der Waals surface area contributed by atoms with Crippen LogP contribution in [-0.2, 0) is 0 Å². The highest BCUT2D eigenvalue weighted by Crippen LogP contribution is 2.46. The van der Waals surface area contributed by atoms with Crippen molar-refractivity contribution in [2.75, 3.05) is 38.8 Å². The average Bonchev–Trinajstić information content (AvgIpc) is 3.31. The molecule has 3 aromatic rings. The predicted octanol–water partition coefficient (Wildman–Crippen LogP) is 3.59. The molecule has 0 amide bonds. The van der Waals surface area contributed by atoms with Crippen molar-refractivity contribution in [2.45, 2.75) is 31.2 Å². The van der Waals surface area contributed by atoms with Gasteiger partial charge in [0.1, 0.15) is 33.9 Å². The van der Waals surface area contributed by atoms with Crippen LogP contribution >= 0.6 is 0 Å². The van der Waals surface area contributed by atoms with Gasteiger partial charge in [0, 0.05) is 48.5 Å². The van der Waals surface area contributed by atoms with E-state index in [-0.39, 0.29) is 5.78 Å². The normalized spacial score (nSPS) is 23.3. The maximum Gasteiger partial charge on any atom is 0.296 e. The summed E-state index contributed by atoms with van der Waals surface area (Å²) in [5.41, 5.74) is 5.61. The number of rotatable bonds is 6. The van der Waals surface area contributed by atoms with Crippen molar-refractivity contribution >= 4 is 22.4 Å². The molecule has 1 saturated heterocycles. The fourth-order valence-corrected chi connectivity index (χ4v) is 5.80. The Morgan fingerprint density at radius 2 is 2.14 bits per heavy atom. The number of benzene rings is 2. The van der Waals surface area contributed by atoms with Crippen LogP contribution < -0.4 is 14.9 Å². The number of methoxy groups -OCH3 is 1. The number of anilines is 1. The van der Waals surface area contributed by atoms with Crippen LogP contribution in [0.4, 0.5) is 5.69 Å². The summed E-state index contributed by atoms with van der Waals surface area (Å²) < 4.78 is 11.6. The molecule has 1 aromatic heterocycles. The molecule has 6 rings (SSSR count). The van der Waals surface area contributed by atoms with Crippen molar-refractivity contribution in [3.8, 4) is 11.5 Å². The molecule has 2 aromatic carbocycles. The lowest BCUT2D eigenvalue weighted by Gasteiger charge is -2.29. The first-order valence-corrected chi connectivity index (χ1v) is 12.2. The molecular formula is C26H28N5O4+. The summed E-state index contributed by atoms with van der Waals surface area (Å²) in [6.45, 7) is 3.62. The number of nitrogens with zero attached hydrogens (tertiary/aromatic N) is 4. The van der Waals surface area contributed by atoms with Crippen LogP contribution in [0.15, 0.2) is 42.9 Å². The lowest BCUT2D eigenvalue weighted by molar-refractivity contribution is -0.544. The largest absolute Gasteiger partial charge is 0.496 e. The van der Waals surface area contributed by atoms with Gasteiger partial charge in [0.05, 0.1) is 24.2 Å². The minimum Gasteiger partial charge on any atom is -0.496 e. The fourth-order valence-electron chi connectivity index (χ4n) is 5.80. The van der Waals surface area contributed by atoms with E-state index in [4.69, 9.17) is 9.47 Å². The highest BCUT2D eigenvalue weighted by atomic mass is 16.5. The lowest BCUT2D eigenvalue weighted by atomic mass is 9.86. The van der Waals surface area contributed by atoms with Gasteiger partial charge in [0.15, 0.2) is 0 Å². The average molecular weight is 475 g/mol. The number of hydrogen-bond acceptors (Lipinski definition) is 7. The van der Waals surface area contributed by atoms with Crippen LogP contribution in [-0.4, -0.2) is 64.9 Å². The molecule has 3 atom stereocenters. The van der Waals surface area contributed by atoms with E-state index >= 15 is 0 Å². The van der Waals surface area contributed by atoms with Crippen LogP contribution in [0.1, 0.15) is 41.1 Å². The molecule has 0 saturated carbocycles. The van der Waals surface area contributed by atoms with E-state index in [1.807, 2.05) is 24.3 Å². The topological polar surface area (TPSA) is 96.7 Å². The molecule has 1 N–H and O–H groups in total. The second-order valence-corrected chi connectivity index (χ2v) is 9.57. The molecule has 0 aliphatic carbocycles. The standard InChI is InChI=1S/C26H27N5O4/c1-34-21-6-4-7-22-23(21)19-13-30(12-17(19)14-35-22)10-3-2-5-20-26(32)18-9-8-16-11-27-15-28-24(16)25(18)29-31(20)33/h4,6-9,11,15,17,19-20H,2-3,5,10,12-14H2,1H3/p+1/t17-,19-,20?/m1/s1. The summed E-state index contributed by atoms with van der Waals surface area (Å²) in [5.74, 6) is 2.55. The molecule has 9 nitrogen and oxygen atoms in total. The summed E-state index contributed by atoms with van der Waals surface area (Å²) in [5, 5.41) is 0.787. The number of ether oxygens (including phenoxy) is 2. The molecule has 4 heterocycles. The van der Waals surface area contributed by atoms with E-state index in [1.54, 1.807) is 19.4 Å². The summed E-state index contributed by atoms with van der Waals surface area (Å²) in [4.78, 5) is 37.2. The molecule has 1 unspecified atom stereocenters. The summed E-state index contributed by atoms with van der Waals surface area (Å²) in [7, 11) is 1.71. The van der Waals surface area contributed by atoms with Crippen LogP contribution in [0.3, 0.4) is 0 Å². The zero-order valence-corrected chi connectivity index (χ0v) is 19.6. The number of aromatic nitrogens is 2. The number of unbranched alkanes of at least 4 members (excludes halogenated alkanes) is 1. The number of Topliss-reactive ketones (excluding diaryl/α,β-unsaturated/α-hetero) is 1. The highest BCUT2D eigenvalue weighted by Gasteiger charge is 2.43. The van der Waals surface area contributed by atoms with E-state index in [9.17, 15) is 9.70 Å². The molecule has 3 aliphatic rings. The number of ketones is 1. The molecule has 0 spiro atoms. The Morgan fingerprint density at radius 1 is 1.23 bits per heavy atom. The van der Waals surface area contributed by atoms with Gasteiger partial charge in [-0.25, -0.2) is 9.97 Å². The third kappa shape index (κ3) is 3.80. The monoisotopic (exact) mass is 474 g/mol. The van der Waals surface area contributed by atoms with Gasteiger partial charge in [0.2, 0.25) is 5.78 Å². The fraction of sp³-hybridized carbons (Fsp3) is 0.423. The first-order valence-electron chi connectivity index (χ1n) is 12.2. The van der Waals surface area contributed by atoms with Crippen molar-refractivity contribution in [2.24, 2.45) is 5.92 Å². The van der Waals surface area contributed by atoms with Crippen LogP contribution in [0.2, 0.25) is 0 Å². The molecule has 3 aliphatic heterocycles. The maximum absolute atomic E-state index is 13.1. The number of fused-ring (bicyclic) bond motifs is 6. The predicted molar refractivity (Wildman–Crippen MR) is 130 cm³/mol. The highest BCUT2D eigenvalue weighted by molar-refractivity contribution is 6.10. The van der Waals surface area contributed by atoms with Crippen molar-refractivity contribution in [1.82, 2.24) is 14.9 Å². The number of hydrazine groups is 1. The second kappa shape index (κ2) is 8.88. The number of nitroso groups, excluding NO2 is 1. The number of carbonyl (C=O) groups is 1. The van der Waals surface area contributed by atoms with E-state index in [1.165, 1.54) is 11.9 Å². The molecule has 0 bridgehead atoms. The Hall–Kier alpha value is -3.59. The first-order chi connectivity index (χ1) is 17.1. The zero-order valence-electron chi connectivity index (χ0n) is 19.6. The summed E-state index contributed by atoms with van der Waals surface area (Å²) in [6.07, 6.45) is 5.33. The summed E-state index contributed by atoms with van der Waals surface area (Å²) in [6, 6.07) is 8.86. The first kappa shape index (κ1) is 21.9. The van der Waals surface area contributed by atoms with Crippen molar-refractivity contribution in [3.63, 3.8) is 0 Å². The number of hydrogen-bond donors (Lipinski definition) is 1. The van der Waals surface area contributed by atoms with Gasteiger partial charge in [-0.05, 0) is 37.6 Å². The number of carbonyl (C=O) groups excluding carboxylic acids is 1. The van der Waals surface area contributed by atoms with E-state index in [0.29, 0.717) is 39.9 Å². The summed E-state index contributed by atoms with van der Waals surface area (Å²) >= 11 is 0. The van der Waals surface area contributed by atoms with Gasteiger partial charge in [-0.2, -0.15) is 0 Å². The Labute approximate surface area is 203 Å². The molecule has 1 fully saturated rings. The van der Waals surface area contributed by atoms with Gasteiger partial charge in [-0.1, -0.05) is 12.1 Å². The number of nitrogens with one attached hydrogen (secondary N) is 1. The Morgan fingerprint density at radius 3 is 3.03 bits per heavy atom. The molecular weight excluding hydrogens is 446 g/mol. The van der Waals surface area contributed by atoms with Gasteiger partial charge in [-0.15, -0.1) is 5.43 Å². The van der Waals surface area contributed by atoms with Crippen LogP contribution in [0.25, 0.3) is 10.9 Å². The van der Waals surface area contributed by atoms with E-state index in [0.717, 1.165) is 56.0 Å². The van der Waals surface area contributed by atoms with Crippen molar-refractivity contribution in [3.05, 3.63) is 58.9 Å². The quantitative estimate of drug-likeness (QED) is 0.428. The Bertz CT molecular complexity index is 1300. The van der Waals surface area contributed by atoms with Gasteiger partial charge < -0.3 is 14.4 Å². The van der Waals surface area contributed by atoms with Crippen LogP contribution in [0, 0.1) is 10.8 Å². The number of likely N-dealkylation sites (tertiary alicyclic amines) is 1. The Kier molecular flexibility index (Phi) is 5.56. The minimum atomic E-state index is -0.729. The van der Waals surface area contributed by atoms with Gasteiger partial charge in [0.25, 0.3) is 6.04 Å².